The molecular weight excluding hydrogens is 390 g/mol. The van der Waals surface area contributed by atoms with Gasteiger partial charge in [-0.05, 0) is 33.3 Å². The Morgan fingerprint density at radius 3 is 2.28 bits per heavy atom. The maximum atomic E-state index is 12.3. The summed E-state index contributed by atoms with van der Waals surface area (Å²) in [6.07, 6.45) is -0.755. The van der Waals surface area contributed by atoms with Gasteiger partial charge in [0, 0.05) is 0 Å². The average molecular weight is 414 g/mol. The molecule has 0 radical (unpaired) electrons. The fourth-order valence-electron chi connectivity index (χ4n) is 2.00. The van der Waals surface area contributed by atoms with Crippen LogP contribution in [0.5, 0.6) is 0 Å². The van der Waals surface area contributed by atoms with E-state index in [4.69, 9.17) is 9.47 Å². The third kappa shape index (κ3) is 7.69. The number of Topliss-reactive ketones (excluding diaryl/α,β-unsaturated/α-hetero) is 1. The van der Waals surface area contributed by atoms with E-state index in [0.29, 0.717) is 0 Å². The highest BCUT2D eigenvalue weighted by molar-refractivity contribution is 9.09. The molecule has 0 unspecified atom stereocenters. The summed E-state index contributed by atoms with van der Waals surface area (Å²) in [4.78, 5) is 36.3. The first-order valence-electron chi connectivity index (χ1n) is 7.93. The van der Waals surface area contributed by atoms with Crippen molar-refractivity contribution in [2.75, 3.05) is 5.33 Å². The van der Waals surface area contributed by atoms with Gasteiger partial charge in [-0.15, -0.1) is 0 Å². The second-order valence-electron chi connectivity index (χ2n) is 6.61. The van der Waals surface area contributed by atoms with Crippen LogP contribution in [0.15, 0.2) is 30.3 Å². The van der Waals surface area contributed by atoms with E-state index in [0.717, 1.165) is 5.56 Å². The van der Waals surface area contributed by atoms with Crippen LogP contribution in [0.25, 0.3) is 0 Å². The Hall–Kier alpha value is -1.89. The second kappa shape index (κ2) is 9.56. The number of esters is 1. The lowest BCUT2D eigenvalue weighted by molar-refractivity contribution is -0.151. The average Bonchev–Trinajstić information content (AvgIpc) is 2.55. The summed E-state index contributed by atoms with van der Waals surface area (Å²) in [7, 11) is 0. The molecule has 0 spiro atoms. The Kier molecular flexibility index (Phi) is 8.09. The van der Waals surface area contributed by atoms with Crippen molar-refractivity contribution in [1.82, 2.24) is 5.32 Å². The lowest BCUT2D eigenvalue weighted by Gasteiger charge is -2.25. The van der Waals surface area contributed by atoms with Crippen molar-refractivity contribution in [2.45, 2.75) is 45.9 Å². The number of halogens is 1. The maximum Gasteiger partial charge on any atom is 0.408 e. The van der Waals surface area contributed by atoms with Crippen molar-refractivity contribution in [3.63, 3.8) is 0 Å². The second-order valence-corrected chi connectivity index (χ2v) is 7.17. The Morgan fingerprint density at radius 1 is 1.16 bits per heavy atom. The van der Waals surface area contributed by atoms with Crippen molar-refractivity contribution in [3.05, 3.63) is 35.9 Å². The zero-order valence-corrected chi connectivity index (χ0v) is 16.5. The summed E-state index contributed by atoms with van der Waals surface area (Å²) in [6, 6.07) is 8.18. The van der Waals surface area contributed by atoms with Gasteiger partial charge in [0.15, 0.2) is 5.78 Å². The smallest absolute Gasteiger partial charge is 0.408 e. The monoisotopic (exact) mass is 413 g/mol. The molecule has 0 aliphatic heterocycles. The van der Waals surface area contributed by atoms with Gasteiger partial charge in [-0.1, -0.05) is 46.3 Å². The maximum absolute atomic E-state index is 12.3. The topological polar surface area (TPSA) is 81.7 Å². The number of rotatable bonds is 7. The molecule has 2 atom stereocenters. The van der Waals surface area contributed by atoms with Crippen LogP contribution < -0.4 is 5.32 Å². The number of hydrogen-bond donors (Lipinski definition) is 1. The fraction of sp³-hybridized carbons (Fsp3) is 0.500. The van der Waals surface area contributed by atoms with E-state index in [1.165, 1.54) is 6.92 Å². The zero-order chi connectivity index (χ0) is 19.0. The molecule has 138 valence electrons. The third-order valence-corrected chi connectivity index (χ3v) is 3.80. The van der Waals surface area contributed by atoms with Crippen molar-refractivity contribution in [3.8, 4) is 0 Å². The SMILES string of the molecule is C[C@@H](C(=O)OCc1ccccc1)[C@H](NC(=O)OC(C)(C)C)C(=O)CBr. The quantitative estimate of drug-likeness (QED) is 0.547. The third-order valence-electron chi connectivity index (χ3n) is 3.25. The number of carbonyl (C=O) groups is 3. The molecule has 0 aliphatic rings. The van der Waals surface area contributed by atoms with E-state index in [1.54, 1.807) is 20.8 Å². The summed E-state index contributed by atoms with van der Waals surface area (Å²) >= 11 is 3.07. The van der Waals surface area contributed by atoms with Gasteiger partial charge < -0.3 is 14.8 Å². The molecule has 0 aliphatic carbocycles. The number of amides is 1. The molecule has 1 aromatic rings. The number of carbonyl (C=O) groups excluding carboxylic acids is 3. The Balaban J connectivity index is 2.71. The molecule has 0 aromatic heterocycles. The van der Waals surface area contributed by atoms with Crippen molar-refractivity contribution >= 4 is 33.8 Å². The van der Waals surface area contributed by atoms with E-state index >= 15 is 0 Å². The molecule has 1 amide bonds. The van der Waals surface area contributed by atoms with Crippen LogP contribution in [0.1, 0.15) is 33.3 Å². The van der Waals surface area contributed by atoms with Gasteiger partial charge in [0.25, 0.3) is 0 Å². The van der Waals surface area contributed by atoms with Crippen LogP contribution in [0.4, 0.5) is 4.79 Å². The van der Waals surface area contributed by atoms with Crippen LogP contribution in [0.2, 0.25) is 0 Å². The van der Waals surface area contributed by atoms with E-state index in [9.17, 15) is 14.4 Å². The highest BCUT2D eigenvalue weighted by atomic mass is 79.9. The first kappa shape index (κ1) is 21.2. The van der Waals surface area contributed by atoms with Gasteiger partial charge in [-0.3, -0.25) is 9.59 Å². The lowest BCUT2D eigenvalue weighted by atomic mass is 9.99. The Bertz CT molecular complexity index is 597. The number of ketones is 1. The van der Waals surface area contributed by atoms with Crippen molar-refractivity contribution < 1.29 is 23.9 Å². The minimum atomic E-state index is -1.03. The number of alkyl carbamates (subject to hydrolysis) is 1. The van der Waals surface area contributed by atoms with E-state index in [-0.39, 0.29) is 17.7 Å². The van der Waals surface area contributed by atoms with E-state index < -0.39 is 29.6 Å². The molecular formula is C18H24BrNO5. The summed E-state index contributed by atoms with van der Waals surface area (Å²) in [5.41, 5.74) is 0.134. The van der Waals surface area contributed by atoms with E-state index in [2.05, 4.69) is 21.2 Å². The number of alkyl halides is 1. The van der Waals surface area contributed by atoms with Gasteiger partial charge in [0.2, 0.25) is 0 Å². The minimum Gasteiger partial charge on any atom is -0.461 e. The van der Waals surface area contributed by atoms with Crippen LogP contribution in [-0.4, -0.2) is 34.8 Å². The number of ether oxygens (including phenoxy) is 2. The largest absolute Gasteiger partial charge is 0.461 e. The minimum absolute atomic E-state index is 0.00374. The zero-order valence-electron chi connectivity index (χ0n) is 14.9. The standard InChI is InChI=1S/C18H24BrNO5/c1-12(16(22)24-11-13-8-6-5-7-9-13)15(14(21)10-19)20-17(23)25-18(2,3)4/h5-9,12,15H,10-11H2,1-4H3,(H,20,23)/t12-,15+/m1/s1. The van der Waals surface area contributed by atoms with Gasteiger partial charge in [-0.2, -0.15) is 0 Å². The molecule has 0 fully saturated rings. The number of benzene rings is 1. The van der Waals surface area contributed by atoms with Gasteiger partial charge in [-0.25, -0.2) is 4.79 Å². The van der Waals surface area contributed by atoms with Gasteiger partial charge in [0.05, 0.1) is 11.2 Å². The normalized spacial score (nSPS) is 13.5. The van der Waals surface area contributed by atoms with E-state index in [1.807, 2.05) is 30.3 Å². The van der Waals surface area contributed by atoms with Crippen molar-refractivity contribution in [1.29, 1.82) is 0 Å². The molecule has 1 aromatic carbocycles. The molecule has 1 rings (SSSR count). The summed E-state index contributed by atoms with van der Waals surface area (Å²) < 4.78 is 10.4. The van der Waals surface area contributed by atoms with Gasteiger partial charge in [0.1, 0.15) is 18.2 Å². The number of hydrogen-bond acceptors (Lipinski definition) is 5. The van der Waals surface area contributed by atoms with Crippen LogP contribution in [0.3, 0.4) is 0 Å². The molecule has 6 nitrogen and oxygen atoms in total. The van der Waals surface area contributed by atoms with Crippen LogP contribution in [-0.2, 0) is 25.7 Å². The molecule has 25 heavy (non-hydrogen) atoms. The van der Waals surface area contributed by atoms with Crippen molar-refractivity contribution in [2.24, 2.45) is 5.92 Å². The molecule has 0 bridgehead atoms. The highest BCUT2D eigenvalue weighted by Crippen LogP contribution is 2.13. The Morgan fingerprint density at radius 2 is 1.76 bits per heavy atom. The van der Waals surface area contributed by atoms with Gasteiger partial charge >= 0.3 is 12.1 Å². The molecule has 0 saturated heterocycles. The number of nitrogens with one attached hydrogen (secondary N) is 1. The molecule has 0 heterocycles. The molecule has 0 saturated carbocycles. The molecule has 1 N–H and O–H groups in total. The highest BCUT2D eigenvalue weighted by Gasteiger charge is 2.33. The first-order valence-corrected chi connectivity index (χ1v) is 9.05. The van der Waals surface area contributed by atoms with Crippen LogP contribution in [0, 0.1) is 5.92 Å². The predicted molar refractivity (Wildman–Crippen MR) is 97.4 cm³/mol. The molecule has 7 heteroatoms. The predicted octanol–water partition coefficient (Wildman–Crippen LogP) is 3.22. The summed E-state index contributed by atoms with van der Waals surface area (Å²) in [5.74, 6) is -1.75. The lowest BCUT2D eigenvalue weighted by Crippen LogP contribution is -2.49. The van der Waals surface area contributed by atoms with Crippen LogP contribution >= 0.6 is 15.9 Å². The fourth-order valence-corrected chi connectivity index (χ4v) is 2.35. The summed E-state index contributed by atoms with van der Waals surface area (Å²) in [5, 5.41) is 2.47. The summed E-state index contributed by atoms with van der Waals surface area (Å²) in [6.45, 7) is 6.78. The Labute approximate surface area is 156 Å². The first-order chi connectivity index (χ1) is 11.6.